The van der Waals surface area contributed by atoms with E-state index >= 15 is 0 Å². The number of carbonyl (C=O) groups excluding carboxylic acids is 1. The van der Waals surface area contributed by atoms with Crippen LogP contribution in [0.15, 0.2) is 24.3 Å². The van der Waals surface area contributed by atoms with E-state index in [9.17, 15) is 4.79 Å². The van der Waals surface area contributed by atoms with Crippen molar-refractivity contribution in [2.24, 2.45) is 5.92 Å². The van der Waals surface area contributed by atoms with Gasteiger partial charge >= 0.3 is 5.97 Å². The van der Waals surface area contributed by atoms with Crippen LogP contribution in [0.4, 0.5) is 0 Å². The average molecular weight is 292 g/mol. The van der Waals surface area contributed by atoms with Gasteiger partial charge in [-0.2, -0.15) is 0 Å². The summed E-state index contributed by atoms with van der Waals surface area (Å²) in [7, 11) is 1.67. The summed E-state index contributed by atoms with van der Waals surface area (Å²) in [5.41, 5.74) is 1.27. The zero-order valence-corrected chi connectivity index (χ0v) is 12.8. The van der Waals surface area contributed by atoms with Gasteiger partial charge in [-0.05, 0) is 49.8 Å². The third-order valence-electron chi connectivity index (χ3n) is 3.80. The maximum Gasteiger partial charge on any atom is 0.308 e. The number of carbonyl (C=O) groups is 1. The van der Waals surface area contributed by atoms with Crippen LogP contribution in [0.1, 0.15) is 31.7 Å². The van der Waals surface area contributed by atoms with Gasteiger partial charge in [0.25, 0.3) is 0 Å². The second-order valence-electron chi connectivity index (χ2n) is 5.61. The highest BCUT2D eigenvalue weighted by Gasteiger charge is 2.19. The molecule has 1 fully saturated rings. The molecular formula is C17H24O4. The second kappa shape index (κ2) is 8.03. The van der Waals surface area contributed by atoms with Crippen molar-refractivity contribution in [3.63, 3.8) is 0 Å². The highest BCUT2D eigenvalue weighted by atomic mass is 16.5. The SMILES string of the molecule is COc1ccc(CC2CCOCCC(=O)OC(C)C2)cc1. The van der Waals surface area contributed by atoms with Crippen LogP contribution in [-0.2, 0) is 20.7 Å². The fraction of sp³-hybridized carbons (Fsp3) is 0.588. The molecule has 0 radical (unpaired) electrons. The summed E-state index contributed by atoms with van der Waals surface area (Å²) in [5, 5.41) is 0. The van der Waals surface area contributed by atoms with Gasteiger partial charge < -0.3 is 14.2 Å². The van der Waals surface area contributed by atoms with Crippen molar-refractivity contribution in [2.45, 2.75) is 38.7 Å². The maximum absolute atomic E-state index is 11.5. The summed E-state index contributed by atoms with van der Waals surface area (Å²) < 4.78 is 16.1. The van der Waals surface area contributed by atoms with E-state index < -0.39 is 0 Å². The first-order valence-corrected chi connectivity index (χ1v) is 7.57. The van der Waals surface area contributed by atoms with Crippen molar-refractivity contribution in [2.75, 3.05) is 20.3 Å². The number of rotatable bonds is 3. The van der Waals surface area contributed by atoms with E-state index in [0.29, 0.717) is 25.6 Å². The summed E-state index contributed by atoms with van der Waals surface area (Å²) >= 11 is 0. The molecular weight excluding hydrogens is 268 g/mol. The van der Waals surface area contributed by atoms with Crippen molar-refractivity contribution in [1.29, 1.82) is 0 Å². The molecule has 1 aromatic rings. The van der Waals surface area contributed by atoms with Crippen molar-refractivity contribution in [3.05, 3.63) is 29.8 Å². The van der Waals surface area contributed by atoms with Gasteiger partial charge in [-0.15, -0.1) is 0 Å². The Labute approximate surface area is 126 Å². The number of esters is 1. The van der Waals surface area contributed by atoms with Crippen molar-refractivity contribution in [1.82, 2.24) is 0 Å². The van der Waals surface area contributed by atoms with E-state index in [-0.39, 0.29) is 12.1 Å². The van der Waals surface area contributed by atoms with Gasteiger partial charge in [-0.1, -0.05) is 12.1 Å². The van der Waals surface area contributed by atoms with E-state index in [2.05, 4.69) is 12.1 Å². The summed E-state index contributed by atoms with van der Waals surface area (Å²) in [6, 6.07) is 8.15. The predicted molar refractivity (Wildman–Crippen MR) is 80.4 cm³/mol. The van der Waals surface area contributed by atoms with Gasteiger partial charge in [0.15, 0.2) is 0 Å². The monoisotopic (exact) mass is 292 g/mol. The minimum absolute atomic E-state index is 0.0288. The van der Waals surface area contributed by atoms with Crippen LogP contribution >= 0.6 is 0 Å². The Morgan fingerprint density at radius 3 is 2.71 bits per heavy atom. The number of ether oxygens (including phenoxy) is 3. The summed E-state index contributed by atoms with van der Waals surface area (Å²) in [5.74, 6) is 1.17. The van der Waals surface area contributed by atoms with Crippen LogP contribution in [0.5, 0.6) is 5.75 Å². The molecule has 0 aromatic heterocycles. The molecule has 0 saturated carbocycles. The predicted octanol–water partition coefficient (Wildman–Crippen LogP) is 2.99. The standard InChI is InChI=1S/C17H24O4/c1-13-11-15(7-9-20-10-8-17(18)21-13)12-14-3-5-16(19-2)6-4-14/h3-6,13,15H,7-12H2,1-2H3. The Morgan fingerprint density at radius 1 is 1.24 bits per heavy atom. The van der Waals surface area contributed by atoms with E-state index in [1.54, 1.807) is 7.11 Å². The van der Waals surface area contributed by atoms with Crippen LogP contribution < -0.4 is 4.74 Å². The molecule has 1 aliphatic rings. The highest BCUT2D eigenvalue weighted by molar-refractivity contribution is 5.69. The highest BCUT2D eigenvalue weighted by Crippen LogP contribution is 2.22. The second-order valence-corrected chi connectivity index (χ2v) is 5.61. The Balaban J connectivity index is 1.95. The summed E-state index contributed by atoms with van der Waals surface area (Å²) in [6.07, 6.45) is 3.16. The molecule has 4 heteroatoms. The Hall–Kier alpha value is -1.55. The quantitative estimate of drug-likeness (QED) is 0.803. The van der Waals surface area contributed by atoms with E-state index in [4.69, 9.17) is 14.2 Å². The fourth-order valence-corrected chi connectivity index (χ4v) is 2.71. The van der Waals surface area contributed by atoms with Crippen LogP contribution in [0.25, 0.3) is 0 Å². The molecule has 2 atom stereocenters. The number of benzene rings is 1. The van der Waals surface area contributed by atoms with E-state index in [1.165, 1.54) is 5.56 Å². The van der Waals surface area contributed by atoms with Gasteiger partial charge in [0.1, 0.15) is 5.75 Å². The topological polar surface area (TPSA) is 44.8 Å². The third-order valence-corrected chi connectivity index (χ3v) is 3.80. The van der Waals surface area contributed by atoms with E-state index in [1.807, 2.05) is 19.1 Å². The van der Waals surface area contributed by atoms with Gasteiger partial charge in [-0.3, -0.25) is 4.79 Å². The molecule has 4 nitrogen and oxygen atoms in total. The zero-order valence-electron chi connectivity index (χ0n) is 12.8. The lowest BCUT2D eigenvalue weighted by atomic mass is 9.91. The average Bonchev–Trinajstić information content (AvgIpc) is 2.47. The molecule has 116 valence electrons. The molecule has 0 spiro atoms. The third kappa shape index (κ3) is 5.38. The lowest BCUT2D eigenvalue weighted by Gasteiger charge is -2.23. The van der Waals surface area contributed by atoms with Crippen LogP contribution in [0, 0.1) is 5.92 Å². The van der Waals surface area contributed by atoms with E-state index in [0.717, 1.165) is 25.0 Å². The Kier molecular flexibility index (Phi) is 6.05. The Bertz CT molecular complexity index is 441. The minimum atomic E-state index is -0.160. The molecule has 0 bridgehead atoms. The van der Waals surface area contributed by atoms with Crippen molar-refractivity contribution < 1.29 is 19.0 Å². The van der Waals surface area contributed by atoms with Gasteiger partial charge in [0.05, 0.1) is 26.2 Å². The lowest BCUT2D eigenvalue weighted by Crippen LogP contribution is -2.23. The summed E-state index contributed by atoms with van der Waals surface area (Å²) in [4.78, 5) is 11.5. The number of hydrogen-bond donors (Lipinski definition) is 0. The molecule has 1 saturated heterocycles. The first-order chi connectivity index (χ1) is 10.2. The van der Waals surface area contributed by atoms with Crippen molar-refractivity contribution in [3.8, 4) is 5.75 Å². The van der Waals surface area contributed by atoms with Gasteiger partial charge in [-0.25, -0.2) is 0 Å². The van der Waals surface area contributed by atoms with Crippen LogP contribution in [0.3, 0.4) is 0 Å². The zero-order chi connectivity index (χ0) is 15.1. The molecule has 1 aliphatic heterocycles. The first-order valence-electron chi connectivity index (χ1n) is 7.57. The molecule has 1 heterocycles. The van der Waals surface area contributed by atoms with Gasteiger partial charge in [0.2, 0.25) is 0 Å². The molecule has 2 unspecified atom stereocenters. The largest absolute Gasteiger partial charge is 0.497 e. The molecule has 0 N–H and O–H groups in total. The van der Waals surface area contributed by atoms with Crippen LogP contribution in [-0.4, -0.2) is 32.4 Å². The Morgan fingerprint density at radius 2 is 2.00 bits per heavy atom. The number of methoxy groups -OCH3 is 1. The fourth-order valence-electron chi connectivity index (χ4n) is 2.71. The molecule has 0 aliphatic carbocycles. The smallest absolute Gasteiger partial charge is 0.308 e. The van der Waals surface area contributed by atoms with Crippen molar-refractivity contribution >= 4 is 5.97 Å². The first kappa shape index (κ1) is 15.8. The van der Waals surface area contributed by atoms with Gasteiger partial charge in [0, 0.05) is 6.61 Å². The minimum Gasteiger partial charge on any atom is -0.497 e. The van der Waals surface area contributed by atoms with Crippen LogP contribution in [0.2, 0.25) is 0 Å². The molecule has 1 aromatic carbocycles. The lowest BCUT2D eigenvalue weighted by molar-refractivity contribution is -0.151. The summed E-state index contributed by atoms with van der Waals surface area (Å²) in [6.45, 7) is 3.14. The maximum atomic E-state index is 11.5. The number of hydrogen-bond acceptors (Lipinski definition) is 4. The molecule has 0 amide bonds. The number of cyclic esters (lactones) is 1. The molecule has 2 rings (SSSR count). The molecule has 21 heavy (non-hydrogen) atoms. The normalized spacial score (nSPS) is 24.2.